The molecule has 1 heterocycles. The second-order valence-corrected chi connectivity index (χ2v) is 7.34. The van der Waals surface area contributed by atoms with Gasteiger partial charge in [-0.25, -0.2) is 0 Å². The molecule has 0 saturated carbocycles. The van der Waals surface area contributed by atoms with Gasteiger partial charge >= 0.3 is 0 Å². The van der Waals surface area contributed by atoms with Crippen LogP contribution < -0.4 is 5.56 Å². The van der Waals surface area contributed by atoms with Gasteiger partial charge in [-0.15, -0.1) is 0 Å². The van der Waals surface area contributed by atoms with Crippen LogP contribution in [0.4, 0.5) is 0 Å². The number of nitrogens with zero attached hydrogens (tertiary/aromatic N) is 1. The van der Waals surface area contributed by atoms with Gasteiger partial charge in [-0.2, -0.15) is 4.98 Å². The van der Waals surface area contributed by atoms with Gasteiger partial charge in [0.15, 0.2) is 5.16 Å². The lowest BCUT2D eigenvalue weighted by Crippen LogP contribution is -2.11. The lowest BCUT2D eigenvalue weighted by Gasteiger charge is -2.06. The Labute approximate surface area is 154 Å². The standard InChI is InChI=1S/C20H28N2O2S/c1-2-3-4-5-6-7-8-12-15-25-20-21-18(23)17(19(24)22-20)16-13-10-9-11-14-16/h9-11,13-14H,2-8,12,15H2,1H3,(H2,21,22,23,24). The summed E-state index contributed by atoms with van der Waals surface area (Å²) in [4.78, 5) is 19.2. The number of hydrogen-bond acceptors (Lipinski definition) is 4. The lowest BCUT2D eigenvalue weighted by molar-refractivity contribution is 0.446. The van der Waals surface area contributed by atoms with Gasteiger partial charge in [0.2, 0.25) is 5.88 Å². The Balaban J connectivity index is 1.77. The van der Waals surface area contributed by atoms with Crippen LogP contribution in [-0.2, 0) is 0 Å². The van der Waals surface area contributed by atoms with Crippen molar-refractivity contribution in [3.63, 3.8) is 0 Å². The van der Waals surface area contributed by atoms with Crippen molar-refractivity contribution in [2.24, 2.45) is 0 Å². The Morgan fingerprint density at radius 1 is 1.00 bits per heavy atom. The molecule has 0 aliphatic heterocycles. The molecule has 0 radical (unpaired) electrons. The maximum absolute atomic E-state index is 12.3. The smallest absolute Gasteiger partial charge is 0.263 e. The Morgan fingerprint density at radius 3 is 2.28 bits per heavy atom. The van der Waals surface area contributed by atoms with E-state index < -0.39 is 0 Å². The van der Waals surface area contributed by atoms with Crippen molar-refractivity contribution < 1.29 is 5.11 Å². The van der Waals surface area contributed by atoms with Crippen LogP contribution in [0.2, 0.25) is 0 Å². The minimum absolute atomic E-state index is 0.201. The van der Waals surface area contributed by atoms with Crippen LogP contribution in [-0.4, -0.2) is 20.8 Å². The molecule has 0 fully saturated rings. The molecule has 0 saturated heterocycles. The molecule has 0 spiro atoms. The minimum Gasteiger partial charge on any atom is -0.493 e. The number of aromatic nitrogens is 2. The van der Waals surface area contributed by atoms with Gasteiger partial charge in [-0.1, -0.05) is 94.0 Å². The molecule has 0 bridgehead atoms. The molecule has 5 heteroatoms. The molecule has 2 N–H and O–H groups in total. The number of aromatic hydroxyl groups is 1. The zero-order valence-electron chi connectivity index (χ0n) is 15.0. The number of aromatic amines is 1. The fourth-order valence-electron chi connectivity index (χ4n) is 2.78. The Hall–Kier alpha value is -1.75. The average Bonchev–Trinajstić information content (AvgIpc) is 2.61. The van der Waals surface area contributed by atoms with Gasteiger partial charge in [0, 0.05) is 5.75 Å². The highest BCUT2D eigenvalue weighted by atomic mass is 32.2. The summed E-state index contributed by atoms with van der Waals surface area (Å²) < 4.78 is 0. The molecule has 1 aromatic heterocycles. The summed E-state index contributed by atoms with van der Waals surface area (Å²) in [5.41, 5.74) is 0.613. The highest BCUT2D eigenvalue weighted by molar-refractivity contribution is 7.99. The van der Waals surface area contributed by atoms with Crippen LogP contribution in [0.15, 0.2) is 40.3 Å². The first-order valence-corrected chi connectivity index (χ1v) is 10.2. The molecule has 0 amide bonds. The maximum Gasteiger partial charge on any atom is 0.263 e. The van der Waals surface area contributed by atoms with Gasteiger partial charge in [0.1, 0.15) is 5.56 Å². The first kappa shape index (κ1) is 19.6. The fraction of sp³-hybridized carbons (Fsp3) is 0.500. The topological polar surface area (TPSA) is 66.0 Å². The summed E-state index contributed by atoms with van der Waals surface area (Å²) in [6.07, 6.45) is 10.2. The van der Waals surface area contributed by atoms with Crippen LogP contribution in [0.1, 0.15) is 58.3 Å². The van der Waals surface area contributed by atoms with Crippen LogP contribution in [0, 0.1) is 0 Å². The molecule has 136 valence electrons. The normalized spacial score (nSPS) is 10.9. The molecule has 25 heavy (non-hydrogen) atoms. The van der Waals surface area contributed by atoms with E-state index in [1.807, 2.05) is 18.2 Å². The van der Waals surface area contributed by atoms with Gasteiger partial charge in [-0.3, -0.25) is 4.79 Å². The van der Waals surface area contributed by atoms with E-state index in [1.54, 1.807) is 12.1 Å². The third-order valence-corrected chi connectivity index (χ3v) is 5.14. The molecule has 0 unspecified atom stereocenters. The zero-order valence-corrected chi connectivity index (χ0v) is 15.8. The predicted octanol–water partition coefficient (Wildman–Crippen LogP) is 5.38. The molecule has 0 aliphatic carbocycles. The summed E-state index contributed by atoms with van der Waals surface area (Å²) in [6, 6.07) is 9.12. The van der Waals surface area contributed by atoms with E-state index in [0.717, 1.165) is 12.2 Å². The van der Waals surface area contributed by atoms with E-state index in [2.05, 4.69) is 16.9 Å². The van der Waals surface area contributed by atoms with Crippen molar-refractivity contribution in [2.75, 3.05) is 5.75 Å². The van der Waals surface area contributed by atoms with E-state index in [9.17, 15) is 9.90 Å². The number of nitrogens with one attached hydrogen (secondary N) is 1. The summed E-state index contributed by atoms with van der Waals surface area (Å²) in [7, 11) is 0. The molecule has 2 rings (SSSR count). The quantitative estimate of drug-likeness (QED) is 0.321. The number of rotatable bonds is 11. The summed E-state index contributed by atoms with van der Waals surface area (Å²) in [5.74, 6) is 0.704. The SMILES string of the molecule is CCCCCCCCCCSc1nc(O)c(-c2ccccc2)c(=O)[nH]1. The molecular weight excluding hydrogens is 332 g/mol. The van der Waals surface area contributed by atoms with Crippen molar-refractivity contribution in [1.82, 2.24) is 9.97 Å². The Kier molecular flexibility index (Phi) is 8.60. The molecule has 0 aliphatic rings. The Bertz CT molecular complexity index is 686. The monoisotopic (exact) mass is 360 g/mol. The minimum atomic E-state index is -0.294. The van der Waals surface area contributed by atoms with Crippen LogP contribution in [0.25, 0.3) is 11.1 Å². The van der Waals surface area contributed by atoms with Crippen LogP contribution >= 0.6 is 11.8 Å². The number of hydrogen-bond donors (Lipinski definition) is 2. The van der Waals surface area contributed by atoms with Crippen LogP contribution in [0.3, 0.4) is 0 Å². The summed E-state index contributed by atoms with van der Waals surface area (Å²) >= 11 is 1.50. The van der Waals surface area contributed by atoms with Gasteiger partial charge in [0.25, 0.3) is 5.56 Å². The molecular formula is C20H28N2O2S. The van der Waals surface area contributed by atoms with E-state index in [0.29, 0.717) is 10.7 Å². The lowest BCUT2D eigenvalue weighted by atomic mass is 10.1. The van der Waals surface area contributed by atoms with Gasteiger partial charge in [-0.05, 0) is 12.0 Å². The van der Waals surface area contributed by atoms with Crippen molar-refractivity contribution in [1.29, 1.82) is 0 Å². The summed E-state index contributed by atoms with van der Waals surface area (Å²) in [6.45, 7) is 2.24. The van der Waals surface area contributed by atoms with Gasteiger partial charge in [0.05, 0.1) is 0 Å². The molecule has 4 nitrogen and oxygen atoms in total. The maximum atomic E-state index is 12.3. The summed E-state index contributed by atoms with van der Waals surface area (Å²) in [5, 5.41) is 10.6. The van der Waals surface area contributed by atoms with Crippen molar-refractivity contribution in [3.8, 4) is 17.0 Å². The second kappa shape index (κ2) is 11.0. The number of unbranched alkanes of at least 4 members (excludes halogenated alkanes) is 7. The molecule has 1 aromatic carbocycles. The number of benzene rings is 1. The first-order valence-electron chi connectivity index (χ1n) is 9.24. The van der Waals surface area contributed by atoms with E-state index >= 15 is 0 Å². The average molecular weight is 361 g/mol. The number of thioether (sulfide) groups is 1. The van der Waals surface area contributed by atoms with E-state index in [1.165, 1.54) is 56.7 Å². The van der Waals surface area contributed by atoms with Crippen LogP contribution in [0.5, 0.6) is 5.88 Å². The molecule has 0 atom stereocenters. The van der Waals surface area contributed by atoms with E-state index in [-0.39, 0.29) is 17.0 Å². The van der Waals surface area contributed by atoms with Crippen molar-refractivity contribution in [2.45, 2.75) is 63.4 Å². The second-order valence-electron chi connectivity index (χ2n) is 6.26. The highest BCUT2D eigenvalue weighted by Crippen LogP contribution is 2.25. The zero-order chi connectivity index (χ0) is 17.9. The predicted molar refractivity (Wildman–Crippen MR) is 105 cm³/mol. The van der Waals surface area contributed by atoms with E-state index in [4.69, 9.17) is 0 Å². The number of H-pyrrole nitrogens is 1. The first-order chi connectivity index (χ1) is 12.2. The fourth-order valence-corrected chi connectivity index (χ4v) is 3.64. The highest BCUT2D eigenvalue weighted by Gasteiger charge is 2.12. The van der Waals surface area contributed by atoms with Gasteiger partial charge < -0.3 is 10.1 Å². The largest absolute Gasteiger partial charge is 0.493 e. The van der Waals surface area contributed by atoms with Crippen molar-refractivity contribution >= 4 is 11.8 Å². The van der Waals surface area contributed by atoms with Crippen molar-refractivity contribution in [3.05, 3.63) is 40.7 Å². The third-order valence-electron chi connectivity index (χ3n) is 4.18. The molecule has 2 aromatic rings. The Morgan fingerprint density at radius 2 is 1.64 bits per heavy atom. The third kappa shape index (κ3) is 6.58.